The first-order valence-corrected chi connectivity index (χ1v) is 5.38. The fourth-order valence-corrected chi connectivity index (χ4v) is 1.96. The van der Waals surface area contributed by atoms with Crippen LogP contribution in [0.15, 0.2) is 0 Å². The number of nitrogens with one attached hydrogen (secondary N) is 1. The minimum Gasteiger partial charge on any atom is -0.317 e. The normalized spacial score (nSPS) is 18.6. The molecule has 1 aliphatic rings. The van der Waals surface area contributed by atoms with Gasteiger partial charge in [0, 0.05) is 12.5 Å². The fraction of sp³-hybridized carbons (Fsp3) is 0.889. The van der Waals surface area contributed by atoms with Crippen molar-refractivity contribution in [1.82, 2.24) is 25.5 Å². The summed E-state index contributed by atoms with van der Waals surface area (Å²) in [5.74, 6) is 1.63. The van der Waals surface area contributed by atoms with Gasteiger partial charge < -0.3 is 5.32 Å². The summed E-state index contributed by atoms with van der Waals surface area (Å²) in [5.41, 5.74) is 0. The van der Waals surface area contributed by atoms with Gasteiger partial charge in [0.25, 0.3) is 0 Å². The number of aryl methyl sites for hydroxylation is 1. The lowest BCUT2D eigenvalue weighted by Crippen LogP contribution is -2.28. The number of aromatic nitrogens is 4. The van der Waals surface area contributed by atoms with Crippen LogP contribution in [0.5, 0.6) is 0 Å². The van der Waals surface area contributed by atoms with Crippen molar-refractivity contribution in [2.45, 2.75) is 38.6 Å². The van der Waals surface area contributed by atoms with Crippen molar-refractivity contribution in [1.29, 1.82) is 0 Å². The summed E-state index contributed by atoms with van der Waals surface area (Å²) in [6, 6.07) is 0. The number of hydrogen-bond donors (Lipinski definition) is 1. The van der Waals surface area contributed by atoms with Crippen molar-refractivity contribution in [2.24, 2.45) is 0 Å². The molecule has 0 amide bonds. The van der Waals surface area contributed by atoms with Crippen LogP contribution >= 0.6 is 0 Å². The second-order valence-electron chi connectivity index (χ2n) is 3.78. The zero-order valence-corrected chi connectivity index (χ0v) is 8.61. The largest absolute Gasteiger partial charge is 0.317 e. The van der Waals surface area contributed by atoms with Crippen LogP contribution in [0, 0.1) is 0 Å². The van der Waals surface area contributed by atoms with E-state index in [1.807, 2.05) is 4.68 Å². The van der Waals surface area contributed by atoms with E-state index < -0.39 is 0 Å². The Morgan fingerprint density at radius 1 is 1.43 bits per heavy atom. The van der Waals surface area contributed by atoms with Crippen LogP contribution in [0.25, 0.3) is 0 Å². The van der Waals surface area contributed by atoms with Crippen LogP contribution in [0.1, 0.15) is 37.9 Å². The van der Waals surface area contributed by atoms with E-state index in [1.54, 1.807) is 0 Å². The van der Waals surface area contributed by atoms with Crippen molar-refractivity contribution in [3.05, 3.63) is 5.82 Å². The maximum atomic E-state index is 4.13. The first kappa shape index (κ1) is 9.58. The van der Waals surface area contributed by atoms with Crippen molar-refractivity contribution >= 4 is 0 Å². The van der Waals surface area contributed by atoms with Crippen LogP contribution in [0.2, 0.25) is 0 Å². The van der Waals surface area contributed by atoms with Gasteiger partial charge in [0.1, 0.15) is 0 Å². The van der Waals surface area contributed by atoms with Gasteiger partial charge in [-0.3, -0.25) is 0 Å². The first-order chi connectivity index (χ1) is 6.92. The molecule has 5 heteroatoms. The first-order valence-electron chi connectivity index (χ1n) is 5.38. The van der Waals surface area contributed by atoms with Gasteiger partial charge in [0.15, 0.2) is 5.82 Å². The highest BCUT2D eigenvalue weighted by Gasteiger charge is 2.20. The SMILES string of the molecule is CCCn1nnnc1C1CCNCC1. The van der Waals surface area contributed by atoms with Crippen LogP contribution in [0.4, 0.5) is 0 Å². The van der Waals surface area contributed by atoms with Gasteiger partial charge in [0.05, 0.1) is 0 Å². The van der Waals surface area contributed by atoms with E-state index >= 15 is 0 Å². The highest BCUT2D eigenvalue weighted by Crippen LogP contribution is 2.22. The van der Waals surface area contributed by atoms with E-state index in [-0.39, 0.29) is 0 Å². The van der Waals surface area contributed by atoms with Gasteiger partial charge in [-0.1, -0.05) is 6.92 Å². The van der Waals surface area contributed by atoms with Gasteiger partial charge in [0.2, 0.25) is 0 Å². The van der Waals surface area contributed by atoms with E-state index in [1.165, 1.54) is 0 Å². The lowest BCUT2D eigenvalue weighted by atomic mass is 9.97. The molecule has 0 unspecified atom stereocenters. The molecular weight excluding hydrogens is 178 g/mol. The quantitative estimate of drug-likeness (QED) is 0.765. The van der Waals surface area contributed by atoms with Gasteiger partial charge in [-0.25, -0.2) is 4.68 Å². The second-order valence-corrected chi connectivity index (χ2v) is 3.78. The molecule has 0 bridgehead atoms. The molecule has 0 atom stereocenters. The predicted octanol–water partition coefficient (Wildman–Crippen LogP) is 0.550. The number of hydrogen-bond acceptors (Lipinski definition) is 4. The van der Waals surface area contributed by atoms with E-state index in [0.717, 1.165) is 44.7 Å². The van der Waals surface area contributed by atoms with Gasteiger partial charge in [-0.15, -0.1) is 5.10 Å². The molecule has 0 aliphatic carbocycles. The van der Waals surface area contributed by atoms with E-state index in [9.17, 15) is 0 Å². The van der Waals surface area contributed by atoms with Gasteiger partial charge >= 0.3 is 0 Å². The smallest absolute Gasteiger partial charge is 0.154 e. The molecule has 1 aliphatic heterocycles. The molecule has 78 valence electrons. The summed E-state index contributed by atoms with van der Waals surface area (Å²) in [6.07, 6.45) is 3.40. The highest BCUT2D eigenvalue weighted by atomic mass is 15.5. The summed E-state index contributed by atoms with van der Waals surface area (Å²) >= 11 is 0. The molecule has 2 rings (SSSR count). The Morgan fingerprint density at radius 3 is 2.93 bits per heavy atom. The molecule has 0 saturated carbocycles. The molecule has 5 nitrogen and oxygen atoms in total. The van der Waals surface area contributed by atoms with Gasteiger partial charge in [-0.2, -0.15) is 0 Å². The molecule has 1 aromatic rings. The Balaban J connectivity index is 2.09. The van der Waals surface area contributed by atoms with Crippen LogP contribution in [-0.2, 0) is 6.54 Å². The summed E-state index contributed by atoms with van der Waals surface area (Å²) in [5, 5.41) is 15.3. The minimum absolute atomic E-state index is 0.554. The van der Waals surface area contributed by atoms with Crippen molar-refractivity contribution in [3.8, 4) is 0 Å². The lowest BCUT2D eigenvalue weighted by Gasteiger charge is -2.21. The second kappa shape index (κ2) is 4.50. The summed E-state index contributed by atoms with van der Waals surface area (Å²) < 4.78 is 1.95. The predicted molar refractivity (Wildman–Crippen MR) is 53.0 cm³/mol. The number of tetrazole rings is 1. The zero-order chi connectivity index (χ0) is 9.80. The Bertz CT molecular complexity index is 276. The van der Waals surface area contributed by atoms with E-state index in [4.69, 9.17) is 0 Å². The van der Waals surface area contributed by atoms with Crippen molar-refractivity contribution in [2.75, 3.05) is 13.1 Å². The van der Waals surface area contributed by atoms with E-state index in [2.05, 4.69) is 27.8 Å². The number of rotatable bonds is 3. The Kier molecular flexibility index (Phi) is 3.08. The third kappa shape index (κ3) is 1.92. The molecule has 14 heavy (non-hydrogen) atoms. The Labute approximate surface area is 83.9 Å². The summed E-state index contributed by atoms with van der Waals surface area (Å²) in [7, 11) is 0. The molecule has 1 saturated heterocycles. The average Bonchev–Trinajstić information content (AvgIpc) is 2.68. The third-order valence-corrected chi connectivity index (χ3v) is 2.70. The monoisotopic (exact) mass is 195 g/mol. The fourth-order valence-electron chi connectivity index (χ4n) is 1.96. The molecular formula is C9H17N5. The number of nitrogens with zero attached hydrogens (tertiary/aromatic N) is 4. The number of piperidine rings is 1. The summed E-state index contributed by atoms with van der Waals surface area (Å²) in [6.45, 7) is 5.26. The van der Waals surface area contributed by atoms with Crippen molar-refractivity contribution in [3.63, 3.8) is 0 Å². The molecule has 1 fully saturated rings. The molecule has 0 radical (unpaired) electrons. The maximum Gasteiger partial charge on any atom is 0.154 e. The van der Waals surface area contributed by atoms with Crippen LogP contribution < -0.4 is 5.32 Å². The highest BCUT2D eigenvalue weighted by molar-refractivity contribution is 4.95. The topological polar surface area (TPSA) is 55.6 Å². The van der Waals surface area contributed by atoms with E-state index in [0.29, 0.717) is 5.92 Å². The molecule has 1 aromatic heterocycles. The summed E-state index contributed by atoms with van der Waals surface area (Å²) in [4.78, 5) is 0. The van der Waals surface area contributed by atoms with Crippen LogP contribution in [0.3, 0.4) is 0 Å². The molecule has 0 aromatic carbocycles. The lowest BCUT2D eigenvalue weighted by molar-refractivity contribution is 0.420. The van der Waals surface area contributed by atoms with Crippen molar-refractivity contribution < 1.29 is 0 Å². The third-order valence-electron chi connectivity index (χ3n) is 2.70. The Hall–Kier alpha value is -0.970. The molecule has 0 spiro atoms. The van der Waals surface area contributed by atoms with Gasteiger partial charge in [-0.05, 0) is 42.8 Å². The molecule has 1 N–H and O–H groups in total. The zero-order valence-electron chi connectivity index (χ0n) is 8.61. The van der Waals surface area contributed by atoms with Crippen LogP contribution in [-0.4, -0.2) is 33.3 Å². The molecule has 2 heterocycles. The Morgan fingerprint density at radius 2 is 2.21 bits per heavy atom. The standard InChI is InChI=1S/C9H17N5/c1-2-7-14-9(11-12-13-14)8-3-5-10-6-4-8/h8,10H,2-7H2,1H3. The maximum absolute atomic E-state index is 4.13. The minimum atomic E-state index is 0.554. The average molecular weight is 195 g/mol.